The SMILES string of the molecule is c1ccc(-c2ncc[nH]2)c(CCN2CCNCC2)c1. The largest absolute Gasteiger partial charge is 0.345 e. The number of nitrogens with one attached hydrogen (secondary N) is 2. The Morgan fingerprint density at radius 3 is 2.79 bits per heavy atom. The first-order valence-electron chi connectivity index (χ1n) is 6.94. The normalized spacial score (nSPS) is 16.6. The van der Waals surface area contributed by atoms with E-state index in [1.54, 1.807) is 0 Å². The molecule has 1 aliphatic heterocycles. The molecule has 1 aromatic carbocycles. The molecule has 2 N–H and O–H groups in total. The minimum atomic E-state index is 0.968. The fourth-order valence-corrected chi connectivity index (χ4v) is 2.60. The van der Waals surface area contributed by atoms with Crippen molar-refractivity contribution in [2.45, 2.75) is 6.42 Å². The van der Waals surface area contributed by atoms with Crippen LogP contribution in [0, 0.1) is 0 Å². The first-order valence-corrected chi connectivity index (χ1v) is 6.94. The van der Waals surface area contributed by atoms with Crippen molar-refractivity contribution in [2.75, 3.05) is 32.7 Å². The zero-order chi connectivity index (χ0) is 12.9. The number of rotatable bonds is 4. The summed E-state index contributed by atoms with van der Waals surface area (Å²) < 4.78 is 0. The predicted octanol–water partition coefficient (Wildman–Crippen LogP) is 1.52. The van der Waals surface area contributed by atoms with Gasteiger partial charge in [-0.15, -0.1) is 0 Å². The third kappa shape index (κ3) is 3.03. The van der Waals surface area contributed by atoms with Gasteiger partial charge < -0.3 is 15.2 Å². The maximum atomic E-state index is 4.36. The van der Waals surface area contributed by atoms with E-state index in [1.807, 2.05) is 12.4 Å². The van der Waals surface area contributed by atoms with Crippen molar-refractivity contribution >= 4 is 0 Å². The summed E-state index contributed by atoms with van der Waals surface area (Å²) in [7, 11) is 0. The van der Waals surface area contributed by atoms with Crippen LogP contribution in [0.4, 0.5) is 0 Å². The Hall–Kier alpha value is -1.65. The minimum Gasteiger partial charge on any atom is -0.345 e. The molecule has 19 heavy (non-hydrogen) atoms. The van der Waals surface area contributed by atoms with Crippen LogP contribution >= 0.6 is 0 Å². The highest BCUT2D eigenvalue weighted by Crippen LogP contribution is 2.20. The Morgan fingerprint density at radius 2 is 2.00 bits per heavy atom. The molecule has 3 rings (SSSR count). The van der Waals surface area contributed by atoms with E-state index in [9.17, 15) is 0 Å². The lowest BCUT2D eigenvalue weighted by Crippen LogP contribution is -2.44. The van der Waals surface area contributed by atoms with E-state index in [0.717, 1.165) is 45.0 Å². The molecule has 4 nitrogen and oxygen atoms in total. The van der Waals surface area contributed by atoms with Crippen LogP contribution in [0.1, 0.15) is 5.56 Å². The van der Waals surface area contributed by atoms with Crippen LogP contribution in [-0.4, -0.2) is 47.6 Å². The van der Waals surface area contributed by atoms with Gasteiger partial charge in [-0.3, -0.25) is 0 Å². The van der Waals surface area contributed by atoms with Crippen molar-refractivity contribution in [3.63, 3.8) is 0 Å². The van der Waals surface area contributed by atoms with Crippen LogP contribution in [0.3, 0.4) is 0 Å². The molecule has 0 amide bonds. The van der Waals surface area contributed by atoms with E-state index >= 15 is 0 Å². The molecule has 0 atom stereocenters. The summed E-state index contributed by atoms with van der Waals surface area (Å²) in [6, 6.07) is 8.54. The van der Waals surface area contributed by atoms with E-state index in [4.69, 9.17) is 0 Å². The number of H-pyrrole nitrogens is 1. The Balaban J connectivity index is 1.70. The van der Waals surface area contributed by atoms with E-state index in [-0.39, 0.29) is 0 Å². The van der Waals surface area contributed by atoms with Gasteiger partial charge in [0, 0.05) is 50.7 Å². The topological polar surface area (TPSA) is 44.0 Å². The molecule has 0 radical (unpaired) electrons. The van der Waals surface area contributed by atoms with Crippen molar-refractivity contribution in [1.29, 1.82) is 0 Å². The van der Waals surface area contributed by atoms with Crippen LogP contribution in [-0.2, 0) is 6.42 Å². The predicted molar refractivity (Wildman–Crippen MR) is 77.0 cm³/mol. The second-order valence-corrected chi connectivity index (χ2v) is 4.94. The average molecular weight is 256 g/mol. The molecular formula is C15H20N4. The first-order chi connectivity index (χ1) is 9.43. The Labute approximate surface area is 113 Å². The molecule has 0 unspecified atom stereocenters. The number of nitrogens with zero attached hydrogens (tertiary/aromatic N) is 2. The molecule has 0 saturated carbocycles. The standard InChI is InChI=1S/C15H20N4/c1-2-4-14(15-17-6-7-18-15)13(3-1)5-10-19-11-8-16-9-12-19/h1-4,6-7,16H,5,8-12H2,(H,17,18). The first kappa shape index (κ1) is 12.4. The number of aromatic amines is 1. The lowest BCUT2D eigenvalue weighted by molar-refractivity contribution is 0.244. The molecule has 1 saturated heterocycles. The van der Waals surface area contributed by atoms with Gasteiger partial charge >= 0.3 is 0 Å². The van der Waals surface area contributed by atoms with E-state index in [0.29, 0.717) is 0 Å². The molecule has 1 aromatic heterocycles. The molecule has 100 valence electrons. The highest BCUT2D eigenvalue weighted by molar-refractivity contribution is 5.60. The lowest BCUT2D eigenvalue weighted by atomic mass is 10.0. The van der Waals surface area contributed by atoms with E-state index in [2.05, 4.69) is 44.5 Å². The molecule has 0 bridgehead atoms. The van der Waals surface area contributed by atoms with Gasteiger partial charge in [0.15, 0.2) is 0 Å². The maximum absolute atomic E-state index is 4.36. The lowest BCUT2D eigenvalue weighted by Gasteiger charge is -2.27. The second-order valence-electron chi connectivity index (χ2n) is 4.94. The molecule has 2 heterocycles. The summed E-state index contributed by atoms with van der Waals surface area (Å²) in [5.74, 6) is 0.968. The zero-order valence-electron chi connectivity index (χ0n) is 11.1. The quantitative estimate of drug-likeness (QED) is 0.872. The third-order valence-electron chi connectivity index (χ3n) is 3.68. The van der Waals surface area contributed by atoms with E-state index < -0.39 is 0 Å². The number of aromatic nitrogens is 2. The van der Waals surface area contributed by atoms with Gasteiger partial charge in [-0.05, 0) is 12.0 Å². The van der Waals surface area contributed by atoms with E-state index in [1.165, 1.54) is 11.1 Å². The molecule has 2 aromatic rings. The number of piperazine rings is 1. The maximum Gasteiger partial charge on any atom is 0.137 e. The molecule has 1 aliphatic rings. The van der Waals surface area contributed by atoms with Crippen LogP contribution in [0.5, 0.6) is 0 Å². The third-order valence-corrected chi connectivity index (χ3v) is 3.68. The summed E-state index contributed by atoms with van der Waals surface area (Å²) >= 11 is 0. The van der Waals surface area contributed by atoms with Gasteiger partial charge in [0.25, 0.3) is 0 Å². The second kappa shape index (κ2) is 5.99. The summed E-state index contributed by atoms with van der Waals surface area (Å²) in [5, 5.41) is 3.39. The van der Waals surface area contributed by atoms with Gasteiger partial charge in [-0.25, -0.2) is 4.98 Å². The highest BCUT2D eigenvalue weighted by atomic mass is 15.2. The summed E-state index contributed by atoms with van der Waals surface area (Å²) in [4.78, 5) is 10.1. The molecule has 4 heteroatoms. The monoisotopic (exact) mass is 256 g/mol. The van der Waals surface area contributed by atoms with Crippen molar-refractivity contribution < 1.29 is 0 Å². The molecule has 1 fully saturated rings. The van der Waals surface area contributed by atoms with Crippen molar-refractivity contribution in [3.8, 4) is 11.4 Å². The number of benzene rings is 1. The van der Waals surface area contributed by atoms with Crippen molar-refractivity contribution in [3.05, 3.63) is 42.2 Å². The van der Waals surface area contributed by atoms with Gasteiger partial charge in [-0.1, -0.05) is 24.3 Å². The molecule has 0 aliphatic carbocycles. The minimum absolute atomic E-state index is 0.968. The summed E-state index contributed by atoms with van der Waals surface area (Å²) in [6.07, 6.45) is 4.77. The molecular weight excluding hydrogens is 236 g/mol. The Kier molecular flexibility index (Phi) is 3.91. The van der Waals surface area contributed by atoms with Crippen molar-refractivity contribution in [2.24, 2.45) is 0 Å². The Bertz CT molecular complexity index is 501. The van der Waals surface area contributed by atoms with Crippen LogP contribution < -0.4 is 5.32 Å². The van der Waals surface area contributed by atoms with Crippen LogP contribution in [0.15, 0.2) is 36.7 Å². The summed E-state index contributed by atoms with van der Waals surface area (Å²) in [5.41, 5.74) is 2.60. The Morgan fingerprint density at radius 1 is 1.16 bits per heavy atom. The van der Waals surface area contributed by atoms with Gasteiger partial charge in [-0.2, -0.15) is 0 Å². The number of imidazole rings is 1. The average Bonchev–Trinajstić information content (AvgIpc) is 3.01. The summed E-state index contributed by atoms with van der Waals surface area (Å²) in [6.45, 7) is 5.66. The zero-order valence-corrected chi connectivity index (χ0v) is 11.1. The highest BCUT2D eigenvalue weighted by Gasteiger charge is 2.11. The van der Waals surface area contributed by atoms with Crippen molar-refractivity contribution in [1.82, 2.24) is 20.2 Å². The molecule has 0 spiro atoms. The van der Waals surface area contributed by atoms with Gasteiger partial charge in [0.1, 0.15) is 5.82 Å². The number of hydrogen-bond acceptors (Lipinski definition) is 3. The fourth-order valence-electron chi connectivity index (χ4n) is 2.60. The van der Waals surface area contributed by atoms with Gasteiger partial charge in [0.05, 0.1) is 0 Å². The smallest absolute Gasteiger partial charge is 0.137 e. The van der Waals surface area contributed by atoms with Crippen LogP contribution in [0.2, 0.25) is 0 Å². The van der Waals surface area contributed by atoms with Gasteiger partial charge in [0.2, 0.25) is 0 Å². The fraction of sp³-hybridized carbons (Fsp3) is 0.400. The number of hydrogen-bond donors (Lipinski definition) is 2. The van der Waals surface area contributed by atoms with Crippen LogP contribution in [0.25, 0.3) is 11.4 Å².